The van der Waals surface area contributed by atoms with Crippen molar-refractivity contribution in [1.29, 1.82) is 5.26 Å². The molecule has 0 atom stereocenters. The lowest BCUT2D eigenvalue weighted by molar-refractivity contribution is 1.24. The van der Waals surface area contributed by atoms with Gasteiger partial charge in [-0.2, -0.15) is 5.26 Å². The summed E-state index contributed by atoms with van der Waals surface area (Å²) in [6, 6.07) is 21.8. The van der Waals surface area contributed by atoms with E-state index in [1.54, 1.807) is 0 Å². The Morgan fingerprint density at radius 1 is 0.875 bits per heavy atom. The van der Waals surface area contributed by atoms with E-state index in [1.165, 1.54) is 11.3 Å². The summed E-state index contributed by atoms with van der Waals surface area (Å²) in [5.74, 6) is 0.632. The Kier molecular flexibility index (Phi) is 3.45. The normalized spacial score (nSPS) is 10.6. The third kappa shape index (κ3) is 2.30. The van der Waals surface area contributed by atoms with Gasteiger partial charge in [0, 0.05) is 11.1 Å². The zero-order valence-corrected chi connectivity index (χ0v) is 13.4. The lowest BCUT2D eigenvalue weighted by atomic mass is 10.1. The molecule has 4 aromatic rings. The summed E-state index contributed by atoms with van der Waals surface area (Å²) in [6.07, 6.45) is 0. The van der Waals surface area contributed by atoms with Gasteiger partial charge in [-0.25, -0.2) is 9.97 Å². The molecular formula is C19H12N4S. The van der Waals surface area contributed by atoms with Crippen molar-refractivity contribution in [2.24, 2.45) is 0 Å². The minimum absolute atomic E-state index is 0.455. The Morgan fingerprint density at radius 2 is 1.50 bits per heavy atom. The molecule has 0 bridgehead atoms. The lowest BCUT2D eigenvalue weighted by Gasteiger charge is -2.07. The smallest absolute Gasteiger partial charge is 0.161 e. The second-order valence-electron chi connectivity index (χ2n) is 5.26. The van der Waals surface area contributed by atoms with Gasteiger partial charge in [-0.05, 0) is 0 Å². The van der Waals surface area contributed by atoms with Crippen LogP contribution in [0.4, 0.5) is 5.69 Å². The van der Waals surface area contributed by atoms with Crippen LogP contribution in [0.1, 0.15) is 4.88 Å². The SMILES string of the molecule is N#Cc1sc2nc(-c3ccccc3)nc(-c3ccccc3)c2c1N. The van der Waals surface area contributed by atoms with Gasteiger partial charge in [0.15, 0.2) is 5.82 Å². The van der Waals surface area contributed by atoms with Gasteiger partial charge in [-0.15, -0.1) is 11.3 Å². The van der Waals surface area contributed by atoms with Crippen molar-refractivity contribution < 1.29 is 0 Å². The monoisotopic (exact) mass is 328 g/mol. The molecule has 0 aliphatic heterocycles. The molecule has 2 heterocycles. The van der Waals surface area contributed by atoms with Gasteiger partial charge < -0.3 is 5.73 Å². The van der Waals surface area contributed by atoms with Crippen molar-refractivity contribution in [1.82, 2.24) is 9.97 Å². The molecule has 5 heteroatoms. The van der Waals surface area contributed by atoms with Crippen LogP contribution in [0.2, 0.25) is 0 Å². The predicted octanol–water partition coefficient (Wildman–Crippen LogP) is 4.48. The van der Waals surface area contributed by atoms with Crippen LogP contribution in [0.15, 0.2) is 60.7 Å². The maximum Gasteiger partial charge on any atom is 0.161 e. The van der Waals surface area contributed by atoms with E-state index in [9.17, 15) is 5.26 Å². The van der Waals surface area contributed by atoms with E-state index in [2.05, 4.69) is 11.1 Å². The fourth-order valence-corrected chi connectivity index (χ4v) is 3.52. The van der Waals surface area contributed by atoms with Crippen LogP contribution in [-0.4, -0.2) is 9.97 Å². The molecule has 2 N–H and O–H groups in total. The third-order valence-corrected chi connectivity index (χ3v) is 4.77. The Bertz CT molecular complexity index is 1060. The van der Waals surface area contributed by atoms with Crippen molar-refractivity contribution in [3.05, 3.63) is 65.5 Å². The molecule has 24 heavy (non-hydrogen) atoms. The molecule has 0 saturated carbocycles. The molecule has 0 spiro atoms. The van der Waals surface area contributed by atoms with Crippen LogP contribution >= 0.6 is 11.3 Å². The zero-order chi connectivity index (χ0) is 16.5. The molecule has 0 aliphatic rings. The molecule has 0 amide bonds. The maximum absolute atomic E-state index is 9.30. The van der Waals surface area contributed by atoms with E-state index in [0.717, 1.165) is 27.0 Å². The Hall–Kier alpha value is -3.23. The largest absolute Gasteiger partial charge is 0.396 e. The van der Waals surface area contributed by atoms with Crippen molar-refractivity contribution in [2.45, 2.75) is 0 Å². The summed E-state index contributed by atoms with van der Waals surface area (Å²) in [5.41, 5.74) is 9.29. The highest BCUT2D eigenvalue weighted by atomic mass is 32.1. The second kappa shape index (κ2) is 5.76. The number of hydrogen-bond donors (Lipinski definition) is 1. The average molecular weight is 328 g/mol. The van der Waals surface area contributed by atoms with E-state index in [4.69, 9.17) is 10.7 Å². The zero-order valence-electron chi connectivity index (χ0n) is 12.6. The number of thiophene rings is 1. The van der Waals surface area contributed by atoms with Gasteiger partial charge in [0.25, 0.3) is 0 Å². The van der Waals surface area contributed by atoms with Gasteiger partial charge in [-0.3, -0.25) is 0 Å². The third-order valence-electron chi connectivity index (χ3n) is 3.77. The lowest BCUT2D eigenvalue weighted by Crippen LogP contribution is -1.95. The first-order valence-electron chi connectivity index (χ1n) is 7.39. The molecule has 114 valence electrons. The van der Waals surface area contributed by atoms with Crippen LogP contribution in [-0.2, 0) is 0 Å². The molecule has 0 radical (unpaired) electrons. The van der Waals surface area contributed by atoms with Gasteiger partial charge in [0.05, 0.1) is 16.8 Å². The highest BCUT2D eigenvalue weighted by Gasteiger charge is 2.18. The first kappa shape index (κ1) is 14.4. The van der Waals surface area contributed by atoms with Crippen LogP contribution < -0.4 is 5.73 Å². The van der Waals surface area contributed by atoms with Crippen LogP contribution in [0.25, 0.3) is 32.9 Å². The van der Waals surface area contributed by atoms with Gasteiger partial charge in [0.1, 0.15) is 15.8 Å². The maximum atomic E-state index is 9.30. The van der Waals surface area contributed by atoms with E-state index in [-0.39, 0.29) is 0 Å². The summed E-state index contributed by atoms with van der Waals surface area (Å²) in [6.45, 7) is 0. The molecule has 4 nitrogen and oxygen atoms in total. The second-order valence-corrected chi connectivity index (χ2v) is 6.26. The van der Waals surface area contributed by atoms with Crippen molar-refractivity contribution in [3.8, 4) is 28.7 Å². The number of nitriles is 1. The number of aromatic nitrogens is 2. The summed E-state index contributed by atoms with van der Waals surface area (Å²) in [5, 5.41) is 10.1. The standard InChI is InChI=1S/C19H12N4S/c20-11-14-16(21)15-17(12-7-3-1-4-8-12)22-18(23-19(15)24-14)13-9-5-2-6-10-13/h1-10H,21H2. The Labute approximate surface area is 142 Å². The fraction of sp³-hybridized carbons (Fsp3) is 0. The fourth-order valence-electron chi connectivity index (χ4n) is 2.63. The first-order chi connectivity index (χ1) is 11.8. The van der Waals surface area contributed by atoms with E-state index in [0.29, 0.717) is 16.4 Å². The van der Waals surface area contributed by atoms with Crippen molar-refractivity contribution in [2.75, 3.05) is 5.73 Å². The van der Waals surface area contributed by atoms with Crippen molar-refractivity contribution >= 4 is 27.2 Å². The topological polar surface area (TPSA) is 75.6 Å². The van der Waals surface area contributed by atoms with Crippen LogP contribution in [0, 0.1) is 11.3 Å². The Morgan fingerprint density at radius 3 is 2.12 bits per heavy atom. The van der Waals surface area contributed by atoms with Gasteiger partial charge >= 0.3 is 0 Å². The number of hydrogen-bond acceptors (Lipinski definition) is 5. The highest BCUT2D eigenvalue weighted by Crippen LogP contribution is 2.39. The predicted molar refractivity (Wildman–Crippen MR) is 97.4 cm³/mol. The van der Waals surface area contributed by atoms with E-state index >= 15 is 0 Å². The number of nitrogens with zero attached hydrogens (tertiary/aromatic N) is 3. The summed E-state index contributed by atoms with van der Waals surface area (Å²) >= 11 is 1.30. The van der Waals surface area contributed by atoms with Gasteiger partial charge in [-0.1, -0.05) is 60.7 Å². The summed E-state index contributed by atoms with van der Waals surface area (Å²) < 4.78 is 0. The number of fused-ring (bicyclic) bond motifs is 1. The molecule has 2 aromatic heterocycles. The summed E-state index contributed by atoms with van der Waals surface area (Å²) in [4.78, 5) is 10.6. The van der Waals surface area contributed by atoms with Crippen LogP contribution in [0.3, 0.4) is 0 Å². The number of nitrogens with two attached hydrogens (primary N) is 1. The number of rotatable bonds is 2. The van der Waals surface area contributed by atoms with Crippen LogP contribution in [0.5, 0.6) is 0 Å². The number of nitrogen functional groups attached to an aromatic ring is 1. The minimum atomic E-state index is 0.455. The molecule has 0 aliphatic carbocycles. The molecule has 0 saturated heterocycles. The molecule has 0 fully saturated rings. The number of benzene rings is 2. The number of anilines is 1. The molecule has 2 aromatic carbocycles. The van der Waals surface area contributed by atoms with Crippen molar-refractivity contribution in [3.63, 3.8) is 0 Å². The summed E-state index contributed by atoms with van der Waals surface area (Å²) in [7, 11) is 0. The minimum Gasteiger partial charge on any atom is -0.396 e. The highest BCUT2D eigenvalue weighted by molar-refractivity contribution is 7.20. The van der Waals surface area contributed by atoms with E-state index in [1.807, 2.05) is 60.7 Å². The quantitative estimate of drug-likeness (QED) is 0.588. The van der Waals surface area contributed by atoms with Gasteiger partial charge in [0.2, 0.25) is 0 Å². The molecule has 0 unspecified atom stereocenters. The average Bonchev–Trinajstić information content (AvgIpc) is 2.98. The first-order valence-corrected chi connectivity index (χ1v) is 8.20. The Balaban J connectivity index is 2.08. The molecule has 4 rings (SSSR count). The van der Waals surface area contributed by atoms with E-state index < -0.39 is 0 Å². The molecular weight excluding hydrogens is 316 g/mol.